The van der Waals surface area contributed by atoms with Crippen LogP contribution in [0.5, 0.6) is 0 Å². The number of fused-ring (bicyclic) bond motifs is 1. The Labute approximate surface area is 117 Å². The number of hydrogen-bond donors (Lipinski definition) is 1. The lowest BCUT2D eigenvalue weighted by atomic mass is 10.0. The highest BCUT2D eigenvalue weighted by molar-refractivity contribution is 7.13. The average molecular weight is 268 g/mol. The van der Waals surface area contributed by atoms with Crippen LogP contribution in [0.25, 0.3) is 10.8 Å². The molecular weight excluding hydrogens is 252 g/mol. The third-order valence-corrected chi connectivity index (χ3v) is 4.07. The number of aromatic nitrogens is 1. The van der Waals surface area contributed by atoms with E-state index >= 15 is 0 Å². The minimum absolute atomic E-state index is 0.817. The predicted octanol–water partition coefficient (Wildman–Crippen LogP) is 4.47. The first-order valence-corrected chi connectivity index (χ1v) is 7.39. The Kier molecular flexibility index (Phi) is 3.47. The van der Waals surface area contributed by atoms with E-state index in [9.17, 15) is 0 Å². The molecule has 19 heavy (non-hydrogen) atoms. The second-order valence-corrected chi connectivity index (χ2v) is 5.35. The van der Waals surface area contributed by atoms with Crippen molar-refractivity contribution >= 4 is 27.2 Å². The van der Waals surface area contributed by atoms with Crippen molar-refractivity contribution in [2.24, 2.45) is 0 Å². The van der Waals surface area contributed by atoms with Crippen molar-refractivity contribution in [1.82, 2.24) is 4.98 Å². The fraction of sp³-hybridized carbons (Fsp3) is 0.188. The Balaban J connectivity index is 1.81. The maximum Gasteiger partial charge on any atom is 0.183 e. The molecular formula is C16H16N2S. The maximum absolute atomic E-state index is 4.53. The van der Waals surface area contributed by atoms with Crippen molar-refractivity contribution in [3.8, 4) is 0 Å². The lowest BCUT2D eigenvalue weighted by Crippen LogP contribution is -1.99. The smallest absolute Gasteiger partial charge is 0.183 e. The van der Waals surface area contributed by atoms with E-state index in [1.165, 1.54) is 16.3 Å². The number of nitrogens with zero attached hydrogens (tertiary/aromatic N) is 1. The van der Waals surface area contributed by atoms with E-state index < -0.39 is 0 Å². The fourth-order valence-electron chi connectivity index (χ4n) is 2.17. The summed E-state index contributed by atoms with van der Waals surface area (Å²) in [5.74, 6) is 0. The second kappa shape index (κ2) is 5.41. The van der Waals surface area contributed by atoms with Gasteiger partial charge in [0, 0.05) is 11.9 Å². The molecule has 0 aliphatic carbocycles. The molecule has 0 amide bonds. The minimum atomic E-state index is 0.817. The van der Waals surface area contributed by atoms with Gasteiger partial charge in [0.05, 0.1) is 5.69 Å². The van der Waals surface area contributed by atoms with E-state index in [-0.39, 0.29) is 0 Å². The molecule has 0 aliphatic heterocycles. The summed E-state index contributed by atoms with van der Waals surface area (Å²) in [6.07, 6.45) is 0.993. The van der Waals surface area contributed by atoms with Gasteiger partial charge in [0.1, 0.15) is 0 Å². The first kappa shape index (κ1) is 12.2. The molecule has 0 spiro atoms. The van der Waals surface area contributed by atoms with Crippen LogP contribution in [0.2, 0.25) is 0 Å². The zero-order chi connectivity index (χ0) is 13.1. The van der Waals surface area contributed by atoms with E-state index in [0.717, 1.165) is 23.8 Å². The summed E-state index contributed by atoms with van der Waals surface area (Å²) in [5.41, 5.74) is 2.47. The summed E-state index contributed by atoms with van der Waals surface area (Å²) in [6, 6.07) is 14.9. The summed E-state index contributed by atoms with van der Waals surface area (Å²) >= 11 is 1.68. The van der Waals surface area contributed by atoms with Crippen molar-refractivity contribution in [2.45, 2.75) is 19.9 Å². The predicted molar refractivity (Wildman–Crippen MR) is 82.8 cm³/mol. The Morgan fingerprint density at radius 1 is 1.11 bits per heavy atom. The molecule has 96 valence electrons. The molecule has 0 unspecified atom stereocenters. The molecule has 0 saturated carbocycles. The Morgan fingerprint density at radius 2 is 1.95 bits per heavy atom. The molecule has 2 aromatic carbocycles. The monoisotopic (exact) mass is 268 g/mol. The largest absolute Gasteiger partial charge is 0.357 e. The molecule has 0 aliphatic rings. The standard InChI is InChI=1S/C16H16N2S/c1-2-14-11-19-16(18-14)17-10-13-8-5-7-12-6-3-4-9-15(12)13/h3-9,11H,2,10H2,1H3,(H,17,18). The van der Waals surface area contributed by atoms with Gasteiger partial charge in [-0.3, -0.25) is 0 Å². The molecule has 0 bridgehead atoms. The Hall–Kier alpha value is -1.87. The number of benzene rings is 2. The topological polar surface area (TPSA) is 24.9 Å². The first-order valence-electron chi connectivity index (χ1n) is 6.51. The molecule has 1 heterocycles. The number of nitrogens with one attached hydrogen (secondary N) is 1. The molecule has 0 saturated heterocycles. The normalized spacial score (nSPS) is 10.8. The average Bonchev–Trinajstić information content (AvgIpc) is 2.93. The van der Waals surface area contributed by atoms with Crippen LogP contribution in [-0.4, -0.2) is 4.98 Å². The van der Waals surface area contributed by atoms with E-state index in [0.29, 0.717) is 0 Å². The van der Waals surface area contributed by atoms with Gasteiger partial charge in [0.15, 0.2) is 5.13 Å². The van der Waals surface area contributed by atoms with E-state index in [2.05, 4.69) is 65.1 Å². The van der Waals surface area contributed by atoms with Gasteiger partial charge in [0.25, 0.3) is 0 Å². The van der Waals surface area contributed by atoms with Crippen LogP contribution < -0.4 is 5.32 Å². The van der Waals surface area contributed by atoms with Gasteiger partial charge in [-0.2, -0.15) is 0 Å². The number of aryl methyl sites for hydroxylation is 1. The quantitative estimate of drug-likeness (QED) is 0.755. The van der Waals surface area contributed by atoms with Crippen molar-refractivity contribution < 1.29 is 0 Å². The number of thiazole rings is 1. The zero-order valence-electron chi connectivity index (χ0n) is 10.9. The van der Waals surface area contributed by atoms with Gasteiger partial charge in [-0.15, -0.1) is 11.3 Å². The van der Waals surface area contributed by atoms with E-state index in [1.54, 1.807) is 11.3 Å². The minimum Gasteiger partial charge on any atom is -0.357 e. The van der Waals surface area contributed by atoms with Crippen LogP contribution >= 0.6 is 11.3 Å². The Morgan fingerprint density at radius 3 is 2.79 bits per heavy atom. The van der Waals surface area contributed by atoms with Gasteiger partial charge in [0.2, 0.25) is 0 Å². The molecule has 3 heteroatoms. The summed E-state index contributed by atoms with van der Waals surface area (Å²) in [7, 11) is 0. The third-order valence-electron chi connectivity index (χ3n) is 3.22. The van der Waals surface area contributed by atoms with Crippen molar-refractivity contribution in [3.05, 3.63) is 59.1 Å². The first-order chi connectivity index (χ1) is 9.36. The van der Waals surface area contributed by atoms with Gasteiger partial charge in [-0.25, -0.2) is 4.98 Å². The molecule has 2 nitrogen and oxygen atoms in total. The van der Waals surface area contributed by atoms with Crippen molar-refractivity contribution in [1.29, 1.82) is 0 Å². The highest BCUT2D eigenvalue weighted by atomic mass is 32.1. The lowest BCUT2D eigenvalue weighted by molar-refractivity contribution is 1.05. The molecule has 1 aromatic heterocycles. The Bertz CT molecular complexity index is 683. The molecule has 0 atom stereocenters. The molecule has 3 aromatic rings. The molecule has 0 fully saturated rings. The number of hydrogen-bond acceptors (Lipinski definition) is 3. The van der Waals surface area contributed by atoms with Gasteiger partial charge >= 0.3 is 0 Å². The van der Waals surface area contributed by atoms with Gasteiger partial charge in [-0.05, 0) is 22.8 Å². The van der Waals surface area contributed by atoms with Crippen LogP contribution in [0.1, 0.15) is 18.2 Å². The summed E-state index contributed by atoms with van der Waals surface area (Å²) in [5, 5.41) is 9.13. The summed E-state index contributed by atoms with van der Waals surface area (Å²) < 4.78 is 0. The third kappa shape index (κ3) is 2.61. The zero-order valence-corrected chi connectivity index (χ0v) is 11.7. The van der Waals surface area contributed by atoms with Crippen LogP contribution in [0, 0.1) is 0 Å². The van der Waals surface area contributed by atoms with E-state index in [4.69, 9.17) is 0 Å². The number of rotatable bonds is 4. The van der Waals surface area contributed by atoms with Crippen molar-refractivity contribution in [3.63, 3.8) is 0 Å². The van der Waals surface area contributed by atoms with E-state index in [1.807, 2.05) is 0 Å². The second-order valence-electron chi connectivity index (χ2n) is 4.49. The number of anilines is 1. The molecule has 1 N–H and O–H groups in total. The summed E-state index contributed by atoms with van der Waals surface area (Å²) in [4.78, 5) is 4.53. The fourth-order valence-corrected chi connectivity index (χ4v) is 2.96. The molecule has 3 rings (SSSR count). The van der Waals surface area contributed by atoms with Crippen LogP contribution in [0.4, 0.5) is 5.13 Å². The molecule has 0 radical (unpaired) electrons. The van der Waals surface area contributed by atoms with Gasteiger partial charge in [-0.1, -0.05) is 49.4 Å². The maximum atomic E-state index is 4.53. The highest BCUT2D eigenvalue weighted by Crippen LogP contribution is 2.21. The SMILES string of the molecule is CCc1csc(NCc2cccc3ccccc23)n1. The van der Waals surface area contributed by atoms with Crippen molar-refractivity contribution in [2.75, 3.05) is 5.32 Å². The van der Waals surface area contributed by atoms with Crippen LogP contribution in [0.15, 0.2) is 47.8 Å². The van der Waals surface area contributed by atoms with Crippen LogP contribution in [-0.2, 0) is 13.0 Å². The van der Waals surface area contributed by atoms with Crippen LogP contribution in [0.3, 0.4) is 0 Å². The summed E-state index contributed by atoms with van der Waals surface area (Å²) in [6.45, 7) is 2.95. The highest BCUT2D eigenvalue weighted by Gasteiger charge is 2.02. The lowest BCUT2D eigenvalue weighted by Gasteiger charge is -2.07. The van der Waals surface area contributed by atoms with Gasteiger partial charge < -0.3 is 5.32 Å².